The lowest BCUT2D eigenvalue weighted by Gasteiger charge is -2.59. The number of rotatable bonds is 3. The summed E-state index contributed by atoms with van der Waals surface area (Å²) in [5.74, 6) is 2.31. The smallest absolute Gasteiger partial charge is 0.223 e. The van der Waals surface area contributed by atoms with Crippen molar-refractivity contribution in [1.82, 2.24) is 4.57 Å². The van der Waals surface area contributed by atoms with Crippen molar-refractivity contribution in [3.05, 3.63) is 71.0 Å². The first-order chi connectivity index (χ1) is 14.5. The molecule has 3 aliphatic rings. The van der Waals surface area contributed by atoms with E-state index in [9.17, 15) is 0 Å². The van der Waals surface area contributed by atoms with Gasteiger partial charge in [0.1, 0.15) is 23.6 Å². The Labute approximate surface area is 180 Å². The lowest BCUT2D eigenvalue weighted by Crippen LogP contribution is -2.75. The predicted octanol–water partition coefficient (Wildman–Crippen LogP) is 6.58. The van der Waals surface area contributed by atoms with E-state index in [0.29, 0.717) is 11.8 Å². The predicted molar refractivity (Wildman–Crippen MR) is 122 cm³/mol. The van der Waals surface area contributed by atoms with Gasteiger partial charge in [0.15, 0.2) is 0 Å². The second-order valence-corrected chi connectivity index (χ2v) is 10.1. The van der Waals surface area contributed by atoms with Crippen LogP contribution < -0.4 is 4.57 Å². The summed E-state index contributed by atoms with van der Waals surface area (Å²) in [7, 11) is 0. The third-order valence-corrected chi connectivity index (χ3v) is 9.06. The number of hydrogen-bond donors (Lipinski definition) is 0. The van der Waals surface area contributed by atoms with Crippen LogP contribution in [0.25, 0.3) is 17.1 Å². The zero-order chi connectivity index (χ0) is 20.8. The van der Waals surface area contributed by atoms with Crippen molar-refractivity contribution < 1.29 is 4.57 Å². The molecule has 3 heterocycles. The van der Waals surface area contributed by atoms with Crippen LogP contribution in [-0.2, 0) is 11.0 Å². The van der Waals surface area contributed by atoms with Gasteiger partial charge in [-0.2, -0.15) is 4.57 Å². The molecule has 3 aromatic rings. The fourth-order valence-corrected chi connectivity index (χ4v) is 7.41. The summed E-state index contributed by atoms with van der Waals surface area (Å²) in [6.45, 7) is 11.9. The highest BCUT2D eigenvalue weighted by Gasteiger charge is 2.67. The molecule has 6 rings (SSSR count). The zero-order valence-corrected chi connectivity index (χ0v) is 19.0. The number of fused-ring (bicyclic) bond motifs is 5. The summed E-state index contributed by atoms with van der Waals surface area (Å²) in [6, 6.07) is 14.1. The monoisotopic (exact) mass is 397 g/mol. The molecule has 0 radical (unpaired) electrons. The van der Waals surface area contributed by atoms with Gasteiger partial charge in [0.2, 0.25) is 0 Å². The molecule has 0 spiro atoms. The highest BCUT2D eigenvalue weighted by Crippen LogP contribution is 2.63. The van der Waals surface area contributed by atoms with Gasteiger partial charge in [-0.25, -0.2) is 4.57 Å². The molecule has 0 bridgehead atoms. The number of benzene rings is 2. The van der Waals surface area contributed by atoms with Crippen LogP contribution in [0.2, 0.25) is 0 Å². The molecule has 0 amide bonds. The Balaban J connectivity index is 1.80. The van der Waals surface area contributed by atoms with Gasteiger partial charge in [0, 0.05) is 22.5 Å². The topological polar surface area (TPSA) is 8.81 Å². The molecule has 1 saturated carbocycles. The maximum atomic E-state index is 2.70. The third kappa shape index (κ3) is 1.82. The molecule has 30 heavy (non-hydrogen) atoms. The molecule has 1 aliphatic carbocycles. The van der Waals surface area contributed by atoms with Gasteiger partial charge in [0.25, 0.3) is 5.82 Å². The van der Waals surface area contributed by atoms with E-state index in [1.807, 2.05) is 0 Å². The van der Waals surface area contributed by atoms with E-state index in [-0.39, 0.29) is 11.0 Å². The molecule has 2 nitrogen and oxygen atoms in total. The van der Waals surface area contributed by atoms with E-state index in [1.54, 1.807) is 5.56 Å². The quantitative estimate of drug-likeness (QED) is 0.441. The average Bonchev–Trinajstić information content (AvgIpc) is 3.13. The molecule has 2 aromatic carbocycles. The summed E-state index contributed by atoms with van der Waals surface area (Å²) in [5.41, 5.74) is 9.47. The average molecular weight is 398 g/mol. The summed E-state index contributed by atoms with van der Waals surface area (Å²) < 4.78 is 5.25. The molecule has 0 N–H and O–H groups in total. The van der Waals surface area contributed by atoms with Gasteiger partial charge in [-0.05, 0) is 42.7 Å². The number of imidazole rings is 1. The van der Waals surface area contributed by atoms with Gasteiger partial charge in [0.05, 0.1) is 5.56 Å². The van der Waals surface area contributed by atoms with Crippen molar-refractivity contribution in [2.45, 2.75) is 83.1 Å². The Morgan fingerprint density at radius 2 is 1.80 bits per heavy atom. The van der Waals surface area contributed by atoms with Gasteiger partial charge in [-0.3, -0.25) is 0 Å². The fourth-order valence-electron chi connectivity index (χ4n) is 7.41. The zero-order valence-electron chi connectivity index (χ0n) is 19.0. The maximum absolute atomic E-state index is 2.70. The van der Waals surface area contributed by atoms with Crippen molar-refractivity contribution in [3.8, 4) is 17.1 Å². The van der Waals surface area contributed by atoms with Crippen LogP contribution in [0.5, 0.6) is 0 Å². The van der Waals surface area contributed by atoms with Crippen molar-refractivity contribution in [3.63, 3.8) is 0 Å². The summed E-state index contributed by atoms with van der Waals surface area (Å²) in [4.78, 5) is 0. The minimum Gasteiger partial charge on any atom is -0.223 e. The highest BCUT2D eigenvalue weighted by atomic mass is 15.2. The first-order valence-electron chi connectivity index (χ1n) is 11.9. The van der Waals surface area contributed by atoms with Crippen LogP contribution in [0.4, 0.5) is 0 Å². The first-order valence-corrected chi connectivity index (χ1v) is 11.9. The Hall–Kier alpha value is -2.35. The number of nitrogens with zero attached hydrogens (tertiary/aromatic N) is 2. The molecular formula is C28H33N2+. The van der Waals surface area contributed by atoms with Gasteiger partial charge in [-0.15, -0.1) is 0 Å². The van der Waals surface area contributed by atoms with Crippen LogP contribution in [0, 0.1) is 0 Å². The Morgan fingerprint density at radius 3 is 2.47 bits per heavy atom. The van der Waals surface area contributed by atoms with Gasteiger partial charge >= 0.3 is 0 Å². The molecule has 2 aliphatic heterocycles. The van der Waals surface area contributed by atoms with Crippen LogP contribution in [-0.4, -0.2) is 4.57 Å². The third-order valence-electron chi connectivity index (χ3n) is 9.06. The molecular weight excluding hydrogens is 364 g/mol. The second-order valence-electron chi connectivity index (χ2n) is 10.1. The maximum Gasteiger partial charge on any atom is 0.295 e. The SMILES string of the molecule is CCC12CCC1(CC)[n+]1ccn3c1-c1c(cccc12)C(C)c1cccc(C(C)C)c1-3. The Kier molecular flexibility index (Phi) is 3.60. The molecule has 3 unspecified atom stereocenters. The Morgan fingerprint density at radius 1 is 1.03 bits per heavy atom. The number of aromatic nitrogens is 2. The first kappa shape index (κ1) is 18.4. The Bertz CT molecular complexity index is 1180. The second kappa shape index (κ2) is 5.87. The van der Waals surface area contributed by atoms with Gasteiger partial charge < -0.3 is 0 Å². The van der Waals surface area contributed by atoms with E-state index in [4.69, 9.17) is 0 Å². The van der Waals surface area contributed by atoms with Crippen LogP contribution in [0.3, 0.4) is 0 Å². The van der Waals surface area contributed by atoms with E-state index < -0.39 is 0 Å². The van der Waals surface area contributed by atoms with Crippen LogP contribution in [0.15, 0.2) is 48.8 Å². The summed E-state index contributed by atoms with van der Waals surface area (Å²) in [5, 5.41) is 0. The van der Waals surface area contributed by atoms with Crippen molar-refractivity contribution >= 4 is 0 Å². The molecule has 2 heteroatoms. The molecule has 3 atom stereocenters. The minimum atomic E-state index is 0.217. The van der Waals surface area contributed by atoms with Crippen LogP contribution >= 0.6 is 0 Å². The van der Waals surface area contributed by atoms with E-state index in [1.165, 1.54) is 59.4 Å². The standard InChI is InChI=1S/C28H33N2/c1-6-27-14-15-28(27,7-2)30-17-16-29-25-20(18(3)4)10-8-12-22(25)19(5)21-11-9-13-23(27)24(21)26(29)30/h8-13,16-19H,6-7,14-15H2,1-5H3/q+1. The molecule has 154 valence electrons. The number of hydrogen-bond acceptors (Lipinski definition) is 0. The normalized spacial score (nSPS) is 27.7. The lowest BCUT2D eigenvalue weighted by molar-refractivity contribution is -0.782. The van der Waals surface area contributed by atoms with Crippen molar-refractivity contribution in [2.75, 3.05) is 0 Å². The van der Waals surface area contributed by atoms with Crippen LogP contribution in [0.1, 0.15) is 94.4 Å². The highest BCUT2D eigenvalue weighted by molar-refractivity contribution is 5.75. The minimum absolute atomic E-state index is 0.217. The lowest BCUT2D eigenvalue weighted by atomic mass is 9.47. The fraction of sp³-hybridized carbons (Fsp3) is 0.464. The van der Waals surface area contributed by atoms with E-state index in [2.05, 4.69) is 92.5 Å². The van der Waals surface area contributed by atoms with Crippen molar-refractivity contribution in [2.24, 2.45) is 0 Å². The largest absolute Gasteiger partial charge is 0.295 e. The summed E-state index contributed by atoms with van der Waals surface area (Å²) in [6.07, 6.45) is 9.77. The molecule has 1 fully saturated rings. The molecule has 0 saturated heterocycles. The van der Waals surface area contributed by atoms with Crippen molar-refractivity contribution in [1.29, 1.82) is 0 Å². The molecule has 1 aromatic heterocycles. The summed E-state index contributed by atoms with van der Waals surface area (Å²) >= 11 is 0. The van der Waals surface area contributed by atoms with E-state index >= 15 is 0 Å². The van der Waals surface area contributed by atoms with Gasteiger partial charge in [-0.1, -0.05) is 71.0 Å². The number of para-hydroxylation sites is 1. The van der Waals surface area contributed by atoms with E-state index in [0.717, 1.165) is 0 Å².